The van der Waals surface area contributed by atoms with Crippen molar-refractivity contribution >= 4 is 32.8 Å². The molecule has 3 aromatic rings. The molecule has 2 aromatic carbocycles. The lowest BCUT2D eigenvalue weighted by Crippen LogP contribution is -2.18. The van der Waals surface area contributed by atoms with Crippen LogP contribution in [0.5, 0.6) is 5.75 Å². The molecule has 25 heavy (non-hydrogen) atoms. The molecule has 3 nitrogen and oxygen atoms in total. The number of fused-ring (bicyclic) bond motifs is 2. The van der Waals surface area contributed by atoms with E-state index in [1.165, 1.54) is 15.6 Å². The summed E-state index contributed by atoms with van der Waals surface area (Å²) < 4.78 is 7.17. The Bertz CT molecular complexity index is 933. The number of anilines is 2. The molecule has 2 heterocycles. The molecule has 1 aliphatic rings. The van der Waals surface area contributed by atoms with Gasteiger partial charge in [0.2, 0.25) is 0 Å². The lowest BCUT2D eigenvalue weighted by molar-refractivity contribution is 0.0786. The van der Waals surface area contributed by atoms with E-state index in [4.69, 9.17) is 4.74 Å². The summed E-state index contributed by atoms with van der Waals surface area (Å²) in [5, 5.41) is 16.9. The van der Waals surface area contributed by atoms with Crippen molar-refractivity contribution in [1.82, 2.24) is 0 Å². The first-order valence-electron chi connectivity index (χ1n) is 8.52. The quantitative estimate of drug-likeness (QED) is 0.649. The van der Waals surface area contributed by atoms with Gasteiger partial charge in [0.1, 0.15) is 5.75 Å². The summed E-state index contributed by atoms with van der Waals surface area (Å²) in [5.41, 5.74) is 3.55. The van der Waals surface area contributed by atoms with Gasteiger partial charge in [0, 0.05) is 32.1 Å². The summed E-state index contributed by atoms with van der Waals surface area (Å²) in [5.74, 6) is 0.997. The number of aliphatic hydroxyl groups is 1. The van der Waals surface area contributed by atoms with Crippen molar-refractivity contribution in [3.63, 3.8) is 0 Å². The molecule has 0 atom stereocenters. The molecule has 2 N–H and O–H groups in total. The minimum Gasteiger partial charge on any atom is -0.492 e. The van der Waals surface area contributed by atoms with Crippen molar-refractivity contribution in [3.8, 4) is 5.75 Å². The summed E-state index contributed by atoms with van der Waals surface area (Å²) in [6, 6.07) is 12.3. The molecular weight excluding hydrogens is 330 g/mol. The molecule has 130 valence electrons. The van der Waals surface area contributed by atoms with Gasteiger partial charge in [-0.1, -0.05) is 26.0 Å². The predicted octanol–water partition coefficient (Wildman–Crippen LogP) is 5.54. The zero-order chi connectivity index (χ0) is 17.8. The van der Waals surface area contributed by atoms with E-state index in [-0.39, 0.29) is 5.41 Å². The minimum absolute atomic E-state index is 0.0774. The highest BCUT2D eigenvalue weighted by atomic mass is 32.1. The van der Waals surface area contributed by atoms with E-state index in [0.717, 1.165) is 29.3 Å². The third-order valence-corrected chi connectivity index (χ3v) is 5.81. The number of benzene rings is 2. The fourth-order valence-corrected chi connectivity index (χ4v) is 4.16. The van der Waals surface area contributed by atoms with Crippen LogP contribution in [-0.2, 0) is 11.0 Å². The highest BCUT2D eigenvalue weighted by Gasteiger charge is 2.32. The van der Waals surface area contributed by atoms with Gasteiger partial charge < -0.3 is 15.2 Å². The van der Waals surface area contributed by atoms with Gasteiger partial charge in [0.05, 0.1) is 17.9 Å². The van der Waals surface area contributed by atoms with Gasteiger partial charge in [-0.2, -0.15) is 0 Å². The lowest BCUT2D eigenvalue weighted by Gasteiger charge is -2.18. The smallest absolute Gasteiger partial charge is 0.123 e. The minimum atomic E-state index is -0.821. The van der Waals surface area contributed by atoms with E-state index in [1.807, 2.05) is 24.3 Å². The SMILES string of the molecule is CC(C)(O)c1ccc(Nc2csc3cc4c(cc23)OCC4(C)C)cc1. The second-order valence-electron chi connectivity index (χ2n) is 7.93. The molecule has 1 aliphatic heterocycles. The van der Waals surface area contributed by atoms with Gasteiger partial charge in [0.25, 0.3) is 0 Å². The van der Waals surface area contributed by atoms with E-state index < -0.39 is 5.60 Å². The number of nitrogens with one attached hydrogen (secondary N) is 1. The molecule has 0 unspecified atom stereocenters. The zero-order valence-electron chi connectivity index (χ0n) is 15.0. The van der Waals surface area contributed by atoms with Crippen LogP contribution in [0.2, 0.25) is 0 Å². The Kier molecular flexibility index (Phi) is 3.60. The lowest BCUT2D eigenvalue weighted by atomic mass is 9.87. The van der Waals surface area contributed by atoms with Gasteiger partial charge in [-0.25, -0.2) is 0 Å². The molecule has 0 bridgehead atoms. The normalized spacial score (nSPS) is 15.9. The maximum Gasteiger partial charge on any atom is 0.123 e. The number of ether oxygens (including phenoxy) is 1. The highest BCUT2D eigenvalue weighted by Crippen LogP contribution is 2.44. The van der Waals surface area contributed by atoms with Crippen LogP contribution in [0.25, 0.3) is 10.1 Å². The summed E-state index contributed by atoms with van der Waals surface area (Å²) in [6.07, 6.45) is 0. The molecule has 0 fully saturated rings. The number of thiophene rings is 1. The largest absolute Gasteiger partial charge is 0.492 e. The molecule has 0 saturated carbocycles. The summed E-state index contributed by atoms with van der Waals surface area (Å²) in [7, 11) is 0. The van der Waals surface area contributed by atoms with Crippen molar-refractivity contribution in [2.45, 2.75) is 38.7 Å². The predicted molar refractivity (Wildman–Crippen MR) is 105 cm³/mol. The van der Waals surface area contributed by atoms with Crippen molar-refractivity contribution in [2.75, 3.05) is 11.9 Å². The Labute approximate surface area is 152 Å². The topological polar surface area (TPSA) is 41.5 Å². The molecule has 0 saturated heterocycles. The second kappa shape index (κ2) is 5.48. The van der Waals surface area contributed by atoms with Crippen molar-refractivity contribution in [3.05, 3.63) is 52.9 Å². The highest BCUT2D eigenvalue weighted by molar-refractivity contribution is 7.17. The third kappa shape index (κ3) is 2.90. The van der Waals surface area contributed by atoms with Crippen LogP contribution >= 0.6 is 11.3 Å². The first-order valence-corrected chi connectivity index (χ1v) is 9.40. The van der Waals surface area contributed by atoms with Crippen LogP contribution in [-0.4, -0.2) is 11.7 Å². The van der Waals surface area contributed by atoms with E-state index in [1.54, 1.807) is 25.2 Å². The van der Waals surface area contributed by atoms with E-state index >= 15 is 0 Å². The summed E-state index contributed by atoms with van der Waals surface area (Å²) >= 11 is 1.75. The van der Waals surface area contributed by atoms with Crippen molar-refractivity contribution < 1.29 is 9.84 Å². The molecular formula is C21H23NO2S. The number of hydrogen-bond donors (Lipinski definition) is 2. The Morgan fingerprint density at radius 1 is 1.16 bits per heavy atom. The van der Waals surface area contributed by atoms with Gasteiger partial charge >= 0.3 is 0 Å². The monoisotopic (exact) mass is 353 g/mol. The zero-order valence-corrected chi connectivity index (χ0v) is 15.8. The second-order valence-corrected chi connectivity index (χ2v) is 8.84. The Morgan fingerprint density at radius 2 is 1.88 bits per heavy atom. The van der Waals surface area contributed by atoms with Gasteiger partial charge in [-0.3, -0.25) is 0 Å². The Balaban J connectivity index is 1.67. The van der Waals surface area contributed by atoms with Crippen LogP contribution in [0.4, 0.5) is 11.4 Å². The first kappa shape index (κ1) is 16.4. The van der Waals surface area contributed by atoms with Crippen molar-refractivity contribution in [2.24, 2.45) is 0 Å². The molecule has 4 heteroatoms. The molecule has 0 aliphatic carbocycles. The first-order chi connectivity index (χ1) is 11.7. The third-order valence-electron chi connectivity index (χ3n) is 4.86. The Hall–Kier alpha value is -2.04. The van der Waals surface area contributed by atoms with E-state index in [0.29, 0.717) is 0 Å². The van der Waals surface area contributed by atoms with Crippen LogP contribution < -0.4 is 10.1 Å². The fourth-order valence-electron chi connectivity index (χ4n) is 3.25. The summed E-state index contributed by atoms with van der Waals surface area (Å²) in [6.45, 7) is 8.78. The fraction of sp³-hybridized carbons (Fsp3) is 0.333. The maximum absolute atomic E-state index is 10.1. The standard InChI is InChI=1S/C21H23NO2S/c1-20(2)12-24-18-9-15-17(11-25-19(15)10-16(18)20)22-14-7-5-13(6-8-14)21(3,4)23/h5-11,22-23H,12H2,1-4H3. The Morgan fingerprint density at radius 3 is 2.56 bits per heavy atom. The maximum atomic E-state index is 10.1. The summed E-state index contributed by atoms with van der Waals surface area (Å²) in [4.78, 5) is 0. The molecule has 0 amide bonds. The van der Waals surface area contributed by atoms with Gasteiger partial charge in [-0.15, -0.1) is 11.3 Å². The van der Waals surface area contributed by atoms with E-state index in [9.17, 15) is 5.11 Å². The van der Waals surface area contributed by atoms with Crippen LogP contribution in [0, 0.1) is 0 Å². The van der Waals surface area contributed by atoms with Gasteiger partial charge in [0.15, 0.2) is 0 Å². The van der Waals surface area contributed by atoms with Crippen LogP contribution in [0.15, 0.2) is 41.8 Å². The van der Waals surface area contributed by atoms with E-state index in [2.05, 4.69) is 36.7 Å². The average Bonchev–Trinajstić information content (AvgIpc) is 3.07. The molecule has 0 radical (unpaired) electrons. The van der Waals surface area contributed by atoms with Crippen molar-refractivity contribution in [1.29, 1.82) is 0 Å². The van der Waals surface area contributed by atoms with Crippen LogP contribution in [0.3, 0.4) is 0 Å². The molecule has 0 spiro atoms. The van der Waals surface area contributed by atoms with Gasteiger partial charge in [-0.05, 0) is 43.7 Å². The average molecular weight is 353 g/mol. The number of rotatable bonds is 3. The van der Waals surface area contributed by atoms with Crippen LogP contribution in [0.1, 0.15) is 38.8 Å². The number of hydrogen-bond acceptors (Lipinski definition) is 4. The molecule has 4 rings (SSSR count). The molecule has 1 aromatic heterocycles.